The molecule has 0 saturated carbocycles. The zero-order chi connectivity index (χ0) is 16.4. The van der Waals surface area contributed by atoms with Crippen LogP contribution in [0.5, 0.6) is 0 Å². The predicted molar refractivity (Wildman–Crippen MR) is 96.3 cm³/mol. The van der Waals surface area contributed by atoms with Gasteiger partial charge in [0.25, 0.3) is 0 Å². The molecule has 0 unspecified atom stereocenters. The van der Waals surface area contributed by atoms with E-state index >= 15 is 0 Å². The van der Waals surface area contributed by atoms with Crippen molar-refractivity contribution in [3.05, 3.63) is 40.3 Å². The molecule has 5 nitrogen and oxygen atoms in total. The number of likely N-dealkylation sites (tertiary alicyclic amines) is 1. The third-order valence-corrected chi connectivity index (χ3v) is 5.72. The SMILES string of the molecule is Cc1cnc(N[C@H]2CCO[C@@]3(CCN(Cc4ccsc4)C3)C2)nc1. The van der Waals surface area contributed by atoms with Gasteiger partial charge in [0, 0.05) is 44.7 Å². The lowest BCUT2D eigenvalue weighted by molar-refractivity contribution is -0.0737. The summed E-state index contributed by atoms with van der Waals surface area (Å²) < 4.78 is 6.24. The molecule has 1 spiro atoms. The summed E-state index contributed by atoms with van der Waals surface area (Å²) >= 11 is 1.77. The van der Waals surface area contributed by atoms with Crippen molar-refractivity contribution >= 4 is 17.3 Å². The molecule has 2 atom stereocenters. The number of hydrogen-bond acceptors (Lipinski definition) is 6. The summed E-state index contributed by atoms with van der Waals surface area (Å²) in [6.45, 7) is 6.00. The number of aryl methyl sites for hydroxylation is 1. The van der Waals surface area contributed by atoms with E-state index < -0.39 is 0 Å². The molecule has 2 saturated heterocycles. The van der Waals surface area contributed by atoms with Crippen LogP contribution >= 0.6 is 11.3 Å². The molecule has 4 heterocycles. The van der Waals surface area contributed by atoms with Crippen molar-refractivity contribution in [2.24, 2.45) is 0 Å². The summed E-state index contributed by atoms with van der Waals surface area (Å²) in [5.74, 6) is 0.732. The number of nitrogens with zero attached hydrogens (tertiary/aromatic N) is 3. The van der Waals surface area contributed by atoms with Gasteiger partial charge in [0.1, 0.15) is 0 Å². The van der Waals surface area contributed by atoms with Gasteiger partial charge in [-0.1, -0.05) is 0 Å². The summed E-state index contributed by atoms with van der Waals surface area (Å²) in [7, 11) is 0. The Labute approximate surface area is 147 Å². The van der Waals surface area contributed by atoms with Crippen LogP contribution in [0.2, 0.25) is 0 Å². The van der Waals surface area contributed by atoms with Crippen LogP contribution < -0.4 is 5.32 Å². The van der Waals surface area contributed by atoms with Crippen LogP contribution in [-0.4, -0.2) is 46.2 Å². The molecule has 24 heavy (non-hydrogen) atoms. The van der Waals surface area contributed by atoms with Gasteiger partial charge in [-0.3, -0.25) is 4.90 Å². The first-order valence-electron chi connectivity index (χ1n) is 8.63. The van der Waals surface area contributed by atoms with Gasteiger partial charge in [-0.2, -0.15) is 11.3 Å². The van der Waals surface area contributed by atoms with Gasteiger partial charge in [0.2, 0.25) is 5.95 Å². The van der Waals surface area contributed by atoms with E-state index in [2.05, 4.69) is 37.0 Å². The zero-order valence-electron chi connectivity index (χ0n) is 14.1. The average Bonchev–Trinajstić information content (AvgIpc) is 3.21. The van der Waals surface area contributed by atoms with Gasteiger partial charge in [0.15, 0.2) is 0 Å². The molecule has 0 radical (unpaired) electrons. The van der Waals surface area contributed by atoms with Gasteiger partial charge < -0.3 is 10.1 Å². The molecule has 2 aromatic heterocycles. The van der Waals surface area contributed by atoms with Crippen LogP contribution in [0.3, 0.4) is 0 Å². The Kier molecular flexibility index (Phi) is 4.52. The Hall–Kier alpha value is -1.50. The standard InChI is InChI=1S/C18H24N4OS/c1-14-9-19-17(20-10-14)21-16-2-6-23-18(8-16)4-5-22(13-18)11-15-3-7-24-12-15/h3,7,9-10,12,16H,2,4-6,8,11,13H2,1H3,(H,19,20,21)/t16-,18-/m0/s1. The zero-order valence-corrected chi connectivity index (χ0v) is 14.9. The van der Waals surface area contributed by atoms with Crippen molar-refractivity contribution in [3.63, 3.8) is 0 Å². The average molecular weight is 344 g/mol. The van der Waals surface area contributed by atoms with E-state index in [1.807, 2.05) is 19.3 Å². The Morgan fingerprint density at radius 2 is 2.29 bits per heavy atom. The minimum Gasteiger partial charge on any atom is -0.373 e. The molecular formula is C18H24N4OS. The van der Waals surface area contributed by atoms with Crippen LogP contribution in [-0.2, 0) is 11.3 Å². The smallest absolute Gasteiger partial charge is 0.222 e. The van der Waals surface area contributed by atoms with E-state index in [1.165, 1.54) is 5.56 Å². The first kappa shape index (κ1) is 16.0. The van der Waals surface area contributed by atoms with Gasteiger partial charge in [0.05, 0.1) is 5.60 Å². The first-order valence-corrected chi connectivity index (χ1v) is 9.58. The first-order chi connectivity index (χ1) is 11.7. The molecule has 0 bridgehead atoms. The summed E-state index contributed by atoms with van der Waals surface area (Å²) in [5.41, 5.74) is 2.50. The molecule has 0 aliphatic carbocycles. The number of thiophene rings is 1. The molecule has 128 valence electrons. The summed E-state index contributed by atoms with van der Waals surface area (Å²) in [5, 5.41) is 7.90. The van der Waals surface area contributed by atoms with Gasteiger partial charge in [-0.15, -0.1) is 0 Å². The Morgan fingerprint density at radius 1 is 1.42 bits per heavy atom. The maximum Gasteiger partial charge on any atom is 0.222 e. The molecule has 0 amide bonds. The molecule has 2 fully saturated rings. The summed E-state index contributed by atoms with van der Waals surface area (Å²) in [6.07, 6.45) is 6.89. The Balaban J connectivity index is 1.36. The van der Waals surface area contributed by atoms with Gasteiger partial charge in [-0.05, 0) is 54.1 Å². The number of ether oxygens (including phenoxy) is 1. The van der Waals surface area contributed by atoms with Crippen molar-refractivity contribution in [1.82, 2.24) is 14.9 Å². The number of aromatic nitrogens is 2. The highest BCUT2D eigenvalue weighted by atomic mass is 32.1. The maximum atomic E-state index is 6.24. The van der Waals surface area contributed by atoms with Crippen molar-refractivity contribution < 1.29 is 4.74 Å². The van der Waals surface area contributed by atoms with E-state index in [-0.39, 0.29) is 5.60 Å². The molecule has 2 aromatic rings. The number of nitrogens with one attached hydrogen (secondary N) is 1. The maximum absolute atomic E-state index is 6.24. The Morgan fingerprint density at radius 3 is 3.08 bits per heavy atom. The van der Waals surface area contributed by atoms with Crippen LogP contribution in [0.1, 0.15) is 30.4 Å². The lowest BCUT2D eigenvalue weighted by Gasteiger charge is -2.38. The highest BCUT2D eigenvalue weighted by Gasteiger charge is 2.43. The van der Waals surface area contributed by atoms with Gasteiger partial charge in [-0.25, -0.2) is 9.97 Å². The largest absolute Gasteiger partial charge is 0.373 e. The highest BCUT2D eigenvalue weighted by Crippen LogP contribution is 2.35. The number of hydrogen-bond donors (Lipinski definition) is 1. The van der Waals surface area contributed by atoms with E-state index in [4.69, 9.17) is 4.74 Å². The van der Waals surface area contributed by atoms with Gasteiger partial charge >= 0.3 is 0 Å². The van der Waals surface area contributed by atoms with Crippen LogP contribution in [0.25, 0.3) is 0 Å². The minimum atomic E-state index is -0.00334. The van der Waals surface area contributed by atoms with E-state index in [9.17, 15) is 0 Å². The number of rotatable bonds is 4. The third-order valence-electron chi connectivity index (χ3n) is 4.99. The Bertz CT molecular complexity index is 660. The fourth-order valence-electron chi connectivity index (χ4n) is 3.79. The second-order valence-electron chi connectivity index (χ2n) is 7.04. The van der Waals surface area contributed by atoms with Crippen molar-refractivity contribution in [2.75, 3.05) is 25.0 Å². The van der Waals surface area contributed by atoms with E-state index in [1.54, 1.807) is 11.3 Å². The summed E-state index contributed by atoms with van der Waals surface area (Å²) in [6, 6.07) is 2.61. The van der Waals surface area contributed by atoms with Crippen LogP contribution in [0.4, 0.5) is 5.95 Å². The molecule has 6 heteroatoms. The lowest BCUT2D eigenvalue weighted by atomic mass is 9.89. The molecule has 1 N–H and O–H groups in total. The third kappa shape index (κ3) is 3.61. The van der Waals surface area contributed by atoms with Crippen molar-refractivity contribution in [3.8, 4) is 0 Å². The number of anilines is 1. The van der Waals surface area contributed by atoms with E-state index in [0.717, 1.165) is 57.0 Å². The molecule has 4 rings (SSSR count). The quantitative estimate of drug-likeness (QED) is 0.924. The van der Waals surface area contributed by atoms with E-state index in [0.29, 0.717) is 6.04 Å². The molecule has 2 aliphatic heterocycles. The van der Waals surface area contributed by atoms with Crippen molar-refractivity contribution in [2.45, 2.75) is 44.4 Å². The van der Waals surface area contributed by atoms with Crippen LogP contribution in [0, 0.1) is 6.92 Å². The summed E-state index contributed by atoms with van der Waals surface area (Å²) in [4.78, 5) is 11.3. The highest BCUT2D eigenvalue weighted by molar-refractivity contribution is 7.07. The second-order valence-corrected chi connectivity index (χ2v) is 7.82. The fourth-order valence-corrected chi connectivity index (χ4v) is 4.45. The fraction of sp³-hybridized carbons (Fsp3) is 0.556. The normalized spacial score (nSPS) is 27.6. The monoisotopic (exact) mass is 344 g/mol. The molecular weight excluding hydrogens is 320 g/mol. The minimum absolute atomic E-state index is 0.00334. The van der Waals surface area contributed by atoms with Crippen molar-refractivity contribution in [1.29, 1.82) is 0 Å². The van der Waals surface area contributed by atoms with Crippen LogP contribution in [0.15, 0.2) is 29.2 Å². The topological polar surface area (TPSA) is 50.3 Å². The second kappa shape index (κ2) is 6.78. The molecule has 0 aromatic carbocycles. The predicted octanol–water partition coefficient (Wildman–Crippen LogP) is 3.08. The lowest BCUT2D eigenvalue weighted by Crippen LogP contribution is -2.46. The molecule has 2 aliphatic rings.